The van der Waals surface area contributed by atoms with Gasteiger partial charge in [0.15, 0.2) is 5.69 Å². The van der Waals surface area contributed by atoms with Crippen molar-refractivity contribution in [2.24, 2.45) is 11.8 Å². The molecule has 5 rings (SSSR count). The molecule has 3 N–H and O–H groups in total. The summed E-state index contributed by atoms with van der Waals surface area (Å²) in [5.74, 6) is -0.802. The first-order valence-corrected chi connectivity index (χ1v) is 13.7. The topological polar surface area (TPSA) is 139 Å². The Kier molecular flexibility index (Phi) is 6.41. The molecule has 36 heavy (non-hydrogen) atoms. The number of quaternary nitrogens is 1. The molecular formula is C24H31N5O6S. The molecule has 1 saturated heterocycles. The van der Waals surface area contributed by atoms with E-state index in [1.165, 1.54) is 14.1 Å². The van der Waals surface area contributed by atoms with Crippen LogP contribution in [-0.4, -0.2) is 67.4 Å². The minimum absolute atomic E-state index is 0.0137. The molecule has 3 aliphatic heterocycles. The fourth-order valence-corrected chi connectivity index (χ4v) is 6.83. The average Bonchev–Trinajstić information content (AvgIpc) is 2.83. The Balaban J connectivity index is 1.49. The van der Waals surface area contributed by atoms with Crippen LogP contribution >= 0.6 is 0 Å². The van der Waals surface area contributed by atoms with Crippen molar-refractivity contribution in [3.05, 3.63) is 63.2 Å². The number of fused-ring (bicyclic) bond motifs is 8. The number of hydrogen-bond acceptors (Lipinski definition) is 7. The predicted molar refractivity (Wildman–Crippen MR) is 133 cm³/mol. The lowest BCUT2D eigenvalue weighted by Crippen LogP contribution is -2.99. The van der Waals surface area contributed by atoms with Gasteiger partial charge in [0, 0.05) is 75.3 Å². The normalized spacial score (nSPS) is 25.5. The molecule has 1 fully saturated rings. The Bertz CT molecular complexity index is 1340. The predicted octanol–water partition coefficient (Wildman–Crippen LogP) is -0.576. The molecule has 2 bridgehead atoms. The van der Waals surface area contributed by atoms with Crippen molar-refractivity contribution >= 4 is 27.3 Å². The highest BCUT2D eigenvalue weighted by Gasteiger charge is 2.49. The lowest BCUT2D eigenvalue weighted by Gasteiger charge is -2.54. The second-order valence-electron chi connectivity index (χ2n) is 10.1. The van der Waals surface area contributed by atoms with Crippen LogP contribution in [0.5, 0.6) is 0 Å². The van der Waals surface area contributed by atoms with E-state index < -0.39 is 21.2 Å². The zero-order chi connectivity index (χ0) is 25.8. The number of sulfonamides is 1. The third kappa shape index (κ3) is 4.33. The summed E-state index contributed by atoms with van der Waals surface area (Å²) in [7, 11) is -0.553. The van der Waals surface area contributed by atoms with Crippen molar-refractivity contribution < 1.29 is 23.6 Å². The van der Waals surface area contributed by atoms with Crippen LogP contribution < -0.4 is 21.0 Å². The Labute approximate surface area is 209 Å². The SMILES string of the molecule is CN(C)S(=O)(=O)CCNC(=O)[C@@H]1Cc2cc([NH+]([O-])O)ccc2N2CC3CC(Cn4c3cccc4=O)[C@@H]12. The molecule has 1 aromatic heterocycles. The Morgan fingerprint density at radius 2 is 2.03 bits per heavy atom. The van der Waals surface area contributed by atoms with Gasteiger partial charge in [0.2, 0.25) is 15.9 Å². The fourth-order valence-electron chi connectivity index (χ4n) is 6.10. The molecule has 0 aliphatic carbocycles. The first kappa shape index (κ1) is 24.9. The monoisotopic (exact) mass is 517 g/mol. The smallest absolute Gasteiger partial charge is 0.250 e. The first-order chi connectivity index (χ1) is 17.1. The van der Waals surface area contributed by atoms with Gasteiger partial charge in [-0.25, -0.2) is 17.9 Å². The second-order valence-corrected chi connectivity index (χ2v) is 12.4. The van der Waals surface area contributed by atoms with E-state index >= 15 is 0 Å². The number of anilines is 1. The zero-order valence-corrected chi connectivity index (χ0v) is 21.1. The zero-order valence-electron chi connectivity index (χ0n) is 20.3. The summed E-state index contributed by atoms with van der Waals surface area (Å²) in [6.07, 6.45) is 1.20. The van der Waals surface area contributed by atoms with E-state index in [0.29, 0.717) is 19.5 Å². The van der Waals surface area contributed by atoms with Gasteiger partial charge in [0.05, 0.1) is 11.7 Å². The van der Waals surface area contributed by atoms with Crippen LogP contribution in [0.4, 0.5) is 11.4 Å². The number of rotatable bonds is 6. The Morgan fingerprint density at radius 1 is 1.25 bits per heavy atom. The Hall–Kier alpha value is -2.77. The van der Waals surface area contributed by atoms with Crippen molar-refractivity contribution in [3.8, 4) is 0 Å². The number of carbonyl (C=O) groups is 1. The first-order valence-electron chi connectivity index (χ1n) is 12.1. The average molecular weight is 518 g/mol. The van der Waals surface area contributed by atoms with E-state index in [2.05, 4.69) is 10.2 Å². The number of nitrogens with zero attached hydrogens (tertiary/aromatic N) is 3. The molecule has 1 amide bonds. The Morgan fingerprint density at radius 3 is 2.75 bits per heavy atom. The highest BCUT2D eigenvalue weighted by molar-refractivity contribution is 7.89. The number of amides is 1. The van der Waals surface area contributed by atoms with Crippen LogP contribution in [0.25, 0.3) is 0 Å². The van der Waals surface area contributed by atoms with Crippen LogP contribution in [-0.2, 0) is 27.8 Å². The van der Waals surface area contributed by atoms with E-state index in [9.17, 15) is 28.4 Å². The van der Waals surface area contributed by atoms with Crippen LogP contribution in [0.1, 0.15) is 23.6 Å². The van der Waals surface area contributed by atoms with Crippen molar-refractivity contribution in [1.29, 1.82) is 0 Å². The molecule has 3 aliphatic rings. The third-order valence-corrected chi connectivity index (χ3v) is 9.64. The number of benzene rings is 1. The van der Waals surface area contributed by atoms with Crippen LogP contribution in [0, 0.1) is 17.0 Å². The molecular weight excluding hydrogens is 486 g/mol. The molecule has 194 valence electrons. The summed E-state index contributed by atoms with van der Waals surface area (Å²) in [5.41, 5.74) is 2.81. The largest absolute Gasteiger partial charge is 0.595 e. The van der Waals surface area contributed by atoms with E-state index in [1.807, 2.05) is 16.7 Å². The van der Waals surface area contributed by atoms with Gasteiger partial charge in [-0.2, -0.15) is 5.23 Å². The van der Waals surface area contributed by atoms with Crippen molar-refractivity contribution in [1.82, 2.24) is 14.2 Å². The summed E-state index contributed by atoms with van der Waals surface area (Å²) < 4.78 is 27.2. The number of aromatic nitrogens is 1. The van der Waals surface area contributed by atoms with Gasteiger partial charge in [-0.15, -0.1) is 0 Å². The lowest BCUT2D eigenvalue weighted by molar-refractivity contribution is -0.991. The van der Waals surface area contributed by atoms with E-state index in [0.717, 1.165) is 27.7 Å². The van der Waals surface area contributed by atoms with Gasteiger partial charge in [-0.1, -0.05) is 6.07 Å². The summed E-state index contributed by atoms with van der Waals surface area (Å²) in [6.45, 7) is 1.11. The van der Waals surface area contributed by atoms with Gasteiger partial charge in [0.1, 0.15) is 0 Å². The summed E-state index contributed by atoms with van der Waals surface area (Å²) in [4.78, 5) is 28.3. The van der Waals surface area contributed by atoms with Crippen LogP contribution in [0.2, 0.25) is 0 Å². The molecule has 12 heteroatoms. The maximum Gasteiger partial charge on any atom is 0.250 e. The van der Waals surface area contributed by atoms with E-state index in [1.54, 1.807) is 24.3 Å². The van der Waals surface area contributed by atoms with Gasteiger partial charge in [0.25, 0.3) is 5.56 Å². The summed E-state index contributed by atoms with van der Waals surface area (Å²) in [5, 5.41) is 22.9. The summed E-state index contributed by atoms with van der Waals surface area (Å²) in [6, 6.07) is 10.2. The number of piperidine rings is 1. The molecule has 2 aromatic rings. The maximum absolute atomic E-state index is 13.5. The maximum atomic E-state index is 13.5. The van der Waals surface area contributed by atoms with Gasteiger partial charge >= 0.3 is 0 Å². The van der Waals surface area contributed by atoms with Crippen LogP contribution in [0.3, 0.4) is 0 Å². The standard InChI is InChI=1S/C24H31N5O6S/c1-26(2)36(34,35)9-8-25-24(31)19-12-15-11-18(29(32)33)6-7-21(15)28-13-16-10-17(23(19)28)14-27-20(16)4-3-5-22(27)30/h3-7,11,16-17,19,23,29,32H,8-10,12-14H2,1-2H3,(H,25,31)/t16?,17?,19-,23+/m1/s1. The number of pyridine rings is 1. The van der Waals surface area contributed by atoms with Crippen molar-refractivity contribution in [2.75, 3.05) is 37.8 Å². The minimum atomic E-state index is -3.46. The van der Waals surface area contributed by atoms with E-state index in [-0.39, 0.29) is 47.3 Å². The van der Waals surface area contributed by atoms with Gasteiger partial charge in [-0.3, -0.25) is 9.59 Å². The summed E-state index contributed by atoms with van der Waals surface area (Å²) >= 11 is 0. The molecule has 5 atom stereocenters. The number of carbonyl (C=O) groups excluding carboxylic acids is 1. The lowest BCUT2D eigenvalue weighted by atomic mass is 9.70. The number of nitrogens with one attached hydrogen (secondary N) is 2. The molecule has 0 saturated carbocycles. The molecule has 0 spiro atoms. The second kappa shape index (κ2) is 9.27. The third-order valence-electron chi connectivity index (χ3n) is 7.81. The molecule has 1 aromatic carbocycles. The molecule has 11 nitrogen and oxygen atoms in total. The molecule has 0 radical (unpaired) electrons. The van der Waals surface area contributed by atoms with Gasteiger partial charge < -0.3 is 20.0 Å². The van der Waals surface area contributed by atoms with Crippen LogP contribution in [0.15, 0.2) is 41.2 Å². The highest BCUT2D eigenvalue weighted by Crippen LogP contribution is 2.47. The quantitative estimate of drug-likeness (QED) is 0.436. The van der Waals surface area contributed by atoms with Crippen molar-refractivity contribution in [3.63, 3.8) is 0 Å². The molecule has 4 heterocycles. The van der Waals surface area contributed by atoms with Crippen molar-refractivity contribution in [2.45, 2.75) is 31.3 Å². The van der Waals surface area contributed by atoms with E-state index in [4.69, 9.17) is 0 Å². The fraction of sp³-hybridized carbons (Fsp3) is 0.500. The van der Waals surface area contributed by atoms with Gasteiger partial charge in [-0.05, 0) is 36.5 Å². The highest BCUT2D eigenvalue weighted by atomic mass is 32.2. The number of hydrogen-bond donors (Lipinski definition) is 3. The minimum Gasteiger partial charge on any atom is -0.595 e. The molecule has 3 unspecified atom stereocenters.